The first kappa shape index (κ1) is 20.8. The van der Waals surface area contributed by atoms with Gasteiger partial charge >= 0.3 is 0 Å². The number of rotatable bonds is 4. The normalized spacial score (nSPS) is 19.8. The van der Waals surface area contributed by atoms with Gasteiger partial charge in [0.25, 0.3) is 5.91 Å². The Morgan fingerprint density at radius 2 is 1.82 bits per heavy atom. The van der Waals surface area contributed by atoms with Crippen LogP contribution in [0.3, 0.4) is 0 Å². The van der Waals surface area contributed by atoms with E-state index in [1.165, 1.54) is 19.3 Å². The Bertz CT molecular complexity index is 728. The maximum absolute atomic E-state index is 13.2. The summed E-state index contributed by atoms with van der Waals surface area (Å²) in [6, 6.07) is -0.609. The smallest absolute Gasteiger partial charge is 0.272 e. The van der Waals surface area contributed by atoms with E-state index in [-0.39, 0.29) is 11.8 Å². The van der Waals surface area contributed by atoms with E-state index in [0.717, 1.165) is 37.4 Å². The van der Waals surface area contributed by atoms with Crippen LogP contribution in [0.5, 0.6) is 0 Å². The van der Waals surface area contributed by atoms with Crippen LogP contribution in [0, 0.1) is 5.41 Å². The van der Waals surface area contributed by atoms with Crippen molar-refractivity contribution >= 4 is 11.8 Å². The molecule has 156 valence electrons. The van der Waals surface area contributed by atoms with Crippen molar-refractivity contribution in [2.24, 2.45) is 5.41 Å². The first-order valence-electron chi connectivity index (χ1n) is 10.5. The Labute approximate surface area is 168 Å². The van der Waals surface area contributed by atoms with E-state index in [2.05, 4.69) is 27.1 Å². The number of carbonyl (C=O) groups excluding carboxylic acids is 2. The molecule has 1 fully saturated rings. The summed E-state index contributed by atoms with van der Waals surface area (Å²) in [5.74, 6) is 1.08. The lowest BCUT2D eigenvalue weighted by Crippen LogP contribution is -2.53. The minimum Gasteiger partial charge on any atom is -0.357 e. The minimum atomic E-state index is -0.609. The van der Waals surface area contributed by atoms with Crippen LogP contribution in [0.2, 0.25) is 0 Å². The molecule has 1 aromatic rings. The van der Waals surface area contributed by atoms with Gasteiger partial charge in [-0.1, -0.05) is 40.0 Å². The van der Waals surface area contributed by atoms with Gasteiger partial charge in [-0.3, -0.25) is 14.5 Å². The molecule has 1 aliphatic carbocycles. The number of likely N-dealkylation sites (N-methyl/N-ethyl adjacent to an activating group) is 2. The fourth-order valence-corrected chi connectivity index (χ4v) is 4.39. The second kappa shape index (κ2) is 8.23. The van der Waals surface area contributed by atoms with Gasteiger partial charge in [0.15, 0.2) is 5.69 Å². The van der Waals surface area contributed by atoms with Gasteiger partial charge in [0.1, 0.15) is 11.9 Å². The van der Waals surface area contributed by atoms with Gasteiger partial charge in [-0.2, -0.15) is 0 Å². The zero-order valence-electron chi connectivity index (χ0n) is 18.0. The standard InChI is InChI=1S/C21H35N5O2/c1-21(2,3)17(20(28)22-4)24-19(27)16-15-13-25(5)11-12-26(15)18(23-16)14-9-7-6-8-10-14/h14,17H,6-13H2,1-5H3,(H,22,28)(H,24,27)/t17-/m1/s1. The molecule has 2 amide bonds. The molecule has 3 rings (SSSR count). The number of amides is 2. The first-order chi connectivity index (χ1) is 13.2. The summed E-state index contributed by atoms with van der Waals surface area (Å²) in [7, 11) is 3.67. The van der Waals surface area contributed by atoms with E-state index >= 15 is 0 Å². The molecule has 28 heavy (non-hydrogen) atoms. The molecule has 1 aliphatic heterocycles. The summed E-state index contributed by atoms with van der Waals surface area (Å²) in [6.07, 6.45) is 6.06. The lowest BCUT2D eigenvalue weighted by Gasteiger charge is -2.30. The van der Waals surface area contributed by atoms with Crippen LogP contribution in [-0.4, -0.2) is 52.9 Å². The number of nitrogens with zero attached hydrogens (tertiary/aromatic N) is 3. The number of hydrogen-bond donors (Lipinski definition) is 2. The summed E-state index contributed by atoms with van der Waals surface area (Å²) in [5, 5.41) is 5.63. The van der Waals surface area contributed by atoms with Gasteiger partial charge in [0.05, 0.1) is 5.69 Å². The predicted octanol–water partition coefficient (Wildman–Crippen LogP) is 2.27. The topological polar surface area (TPSA) is 79.3 Å². The van der Waals surface area contributed by atoms with Crippen LogP contribution in [-0.2, 0) is 17.9 Å². The van der Waals surface area contributed by atoms with E-state index in [4.69, 9.17) is 4.98 Å². The fraction of sp³-hybridized carbons (Fsp3) is 0.762. The van der Waals surface area contributed by atoms with Crippen molar-refractivity contribution in [2.75, 3.05) is 20.6 Å². The van der Waals surface area contributed by atoms with Crippen LogP contribution < -0.4 is 10.6 Å². The second-order valence-electron chi connectivity index (χ2n) is 9.38. The predicted molar refractivity (Wildman–Crippen MR) is 109 cm³/mol. The average molecular weight is 390 g/mol. The van der Waals surface area contributed by atoms with E-state index in [1.807, 2.05) is 20.8 Å². The highest BCUT2D eigenvalue weighted by atomic mass is 16.2. The van der Waals surface area contributed by atoms with Crippen LogP contribution in [0.1, 0.15) is 80.8 Å². The van der Waals surface area contributed by atoms with Crippen molar-refractivity contribution in [1.82, 2.24) is 25.1 Å². The van der Waals surface area contributed by atoms with Gasteiger partial charge in [-0.15, -0.1) is 0 Å². The molecule has 1 saturated carbocycles. The zero-order valence-corrected chi connectivity index (χ0v) is 18.0. The third kappa shape index (κ3) is 4.24. The molecule has 2 aliphatic rings. The van der Waals surface area contributed by atoms with Crippen LogP contribution in [0.15, 0.2) is 0 Å². The van der Waals surface area contributed by atoms with Crippen LogP contribution >= 0.6 is 0 Å². The SMILES string of the molecule is CNC(=O)[C@@H](NC(=O)c1nc(C2CCCCC2)n2c1CN(C)CC2)C(C)(C)C. The molecular formula is C21H35N5O2. The van der Waals surface area contributed by atoms with Crippen molar-refractivity contribution in [3.63, 3.8) is 0 Å². The van der Waals surface area contributed by atoms with E-state index in [1.54, 1.807) is 7.05 Å². The lowest BCUT2D eigenvalue weighted by molar-refractivity contribution is -0.124. The van der Waals surface area contributed by atoms with Crippen molar-refractivity contribution in [3.8, 4) is 0 Å². The molecule has 0 spiro atoms. The highest BCUT2D eigenvalue weighted by Crippen LogP contribution is 2.34. The van der Waals surface area contributed by atoms with E-state index in [0.29, 0.717) is 18.2 Å². The molecule has 7 heteroatoms. The Hall–Kier alpha value is -1.89. The maximum atomic E-state index is 13.2. The highest BCUT2D eigenvalue weighted by molar-refractivity contribution is 5.97. The molecule has 0 radical (unpaired) electrons. The van der Waals surface area contributed by atoms with E-state index < -0.39 is 11.5 Å². The number of fused-ring (bicyclic) bond motifs is 1. The van der Waals surface area contributed by atoms with Gasteiger partial charge in [-0.05, 0) is 25.3 Å². The molecule has 0 bridgehead atoms. The van der Waals surface area contributed by atoms with Crippen LogP contribution in [0.25, 0.3) is 0 Å². The average Bonchev–Trinajstić information content (AvgIpc) is 3.03. The van der Waals surface area contributed by atoms with Crippen molar-refractivity contribution in [1.29, 1.82) is 0 Å². The molecule has 0 saturated heterocycles. The third-order valence-electron chi connectivity index (χ3n) is 6.06. The summed E-state index contributed by atoms with van der Waals surface area (Å²) >= 11 is 0. The Kier molecular flexibility index (Phi) is 6.12. The van der Waals surface area contributed by atoms with Gasteiger partial charge in [-0.25, -0.2) is 4.98 Å². The maximum Gasteiger partial charge on any atom is 0.272 e. The Morgan fingerprint density at radius 3 is 2.43 bits per heavy atom. The molecule has 2 heterocycles. The summed E-state index contributed by atoms with van der Waals surface area (Å²) < 4.78 is 2.27. The van der Waals surface area contributed by atoms with Gasteiger partial charge in [0, 0.05) is 32.6 Å². The van der Waals surface area contributed by atoms with Crippen molar-refractivity contribution in [3.05, 3.63) is 17.2 Å². The number of hydrogen-bond acceptors (Lipinski definition) is 4. The van der Waals surface area contributed by atoms with E-state index in [9.17, 15) is 9.59 Å². The number of carbonyl (C=O) groups is 2. The molecule has 7 nitrogen and oxygen atoms in total. The molecule has 0 aromatic carbocycles. The quantitative estimate of drug-likeness (QED) is 0.828. The number of imidazole rings is 1. The van der Waals surface area contributed by atoms with Crippen LogP contribution in [0.4, 0.5) is 0 Å². The van der Waals surface area contributed by atoms with Crippen molar-refractivity contribution in [2.45, 2.75) is 77.9 Å². The summed E-state index contributed by atoms with van der Waals surface area (Å²) in [5.41, 5.74) is 1.08. The monoisotopic (exact) mass is 389 g/mol. The number of aromatic nitrogens is 2. The molecule has 2 N–H and O–H groups in total. The molecule has 0 unspecified atom stereocenters. The molecular weight excluding hydrogens is 354 g/mol. The van der Waals surface area contributed by atoms with Gasteiger partial charge < -0.3 is 15.2 Å². The molecule has 1 atom stereocenters. The summed E-state index contributed by atoms with van der Waals surface area (Å²) in [6.45, 7) is 8.41. The van der Waals surface area contributed by atoms with Gasteiger partial charge in [0.2, 0.25) is 5.91 Å². The second-order valence-corrected chi connectivity index (χ2v) is 9.38. The fourth-order valence-electron chi connectivity index (χ4n) is 4.39. The molecule has 1 aromatic heterocycles. The lowest BCUT2D eigenvalue weighted by atomic mass is 9.86. The Morgan fingerprint density at radius 1 is 1.14 bits per heavy atom. The zero-order chi connectivity index (χ0) is 20.5. The third-order valence-corrected chi connectivity index (χ3v) is 6.06. The minimum absolute atomic E-state index is 0.182. The van der Waals surface area contributed by atoms with Crippen molar-refractivity contribution < 1.29 is 9.59 Å². The first-order valence-corrected chi connectivity index (χ1v) is 10.5. The highest BCUT2D eigenvalue weighted by Gasteiger charge is 2.35. The Balaban J connectivity index is 1.93. The summed E-state index contributed by atoms with van der Waals surface area (Å²) in [4.78, 5) is 32.7. The number of nitrogens with one attached hydrogen (secondary N) is 2. The largest absolute Gasteiger partial charge is 0.357 e.